The number of halogens is 1. The van der Waals surface area contributed by atoms with Crippen LogP contribution < -0.4 is 16.4 Å². The molecule has 1 amide bonds. The molecule has 3 N–H and O–H groups in total. The van der Waals surface area contributed by atoms with E-state index in [1.54, 1.807) is 39.9 Å². The number of aromatic nitrogens is 5. The van der Waals surface area contributed by atoms with E-state index in [-0.39, 0.29) is 29.1 Å². The molecule has 4 heterocycles. The zero-order valence-corrected chi connectivity index (χ0v) is 21.7. The second-order valence-corrected chi connectivity index (χ2v) is 10.3. The summed E-state index contributed by atoms with van der Waals surface area (Å²) in [4.78, 5) is 43.3. The fraction of sp³-hybridized carbons (Fsp3) is 0.370. The smallest absolute Gasteiger partial charge is 0.326 e. The van der Waals surface area contributed by atoms with Gasteiger partial charge in [0, 0.05) is 49.1 Å². The molecule has 2 aliphatic rings. The van der Waals surface area contributed by atoms with Crippen molar-refractivity contribution in [2.24, 2.45) is 4.99 Å². The first-order valence-corrected chi connectivity index (χ1v) is 13.1. The number of aromatic amines is 2. The van der Waals surface area contributed by atoms with E-state index in [1.165, 1.54) is 6.07 Å². The van der Waals surface area contributed by atoms with E-state index < -0.39 is 11.5 Å². The van der Waals surface area contributed by atoms with Crippen LogP contribution in [0.4, 0.5) is 4.39 Å². The number of H-pyrrole nitrogens is 2. The summed E-state index contributed by atoms with van der Waals surface area (Å²) in [6, 6.07) is 6.80. The molecule has 0 spiro atoms. The number of nitrogens with zero attached hydrogens (tertiary/aromatic N) is 6. The van der Waals surface area contributed by atoms with Gasteiger partial charge in [-0.15, -0.1) is 0 Å². The maximum absolute atomic E-state index is 14.9. The molecule has 3 aromatic heterocycles. The van der Waals surface area contributed by atoms with Crippen molar-refractivity contribution in [3.63, 3.8) is 0 Å². The SMILES string of the molecule is CC(C)N1CCN(C(=O)c2cc(-c3cc(=NC4CC4)n4nc/c(=C\c5[nH]c(=O)[nH]c5O)c4n3)ccc2F)CC1. The average Bonchev–Trinajstić information content (AvgIpc) is 3.56. The topological polar surface area (TPSA) is 135 Å². The largest absolute Gasteiger partial charge is 0.493 e. The predicted molar refractivity (Wildman–Crippen MR) is 141 cm³/mol. The summed E-state index contributed by atoms with van der Waals surface area (Å²) in [5, 5.41) is 15.0. The van der Waals surface area contributed by atoms with Crippen LogP contribution in [0.3, 0.4) is 0 Å². The summed E-state index contributed by atoms with van der Waals surface area (Å²) in [6.45, 7) is 6.82. The average molecular weight is 533 g/mol. The van der Waals surface area contributed by atoms with Gasteiger partial charge >= 0.3 is 5.69 Å². The molecule has 1 saturated carbocycles. The van der Waals surface area contributed by atoms with Gasteiger partial charge in [0.2, 0.25) is 5.88 Å². The highest BCUT2D eigenvalue weighted by atomic mass is 19.1. The molecule has 1 aliphatic heterocycles. The van der Waals surface area contributed by atoms with E-state index in [9.17, 15) is 19.1 Å². The van der Waals surface area contributed by atoms with Gasteiger partial charge in [0.05, 0.1) is 23.5 Å². The second kappa shape index (κ2) is 9.77. The number of carbonyl (C=O) groups is 1. The number of piperazine rings is 1. The highest BCUT2D eigenvalue weighted by Crippen LogP contribution is 2.24. The van der Waals surface area contributed by atoms with Gasteiger partial charge in [0.25, 0.3) is 5.91 Å². The molecule has 11 nitrogen and oxygen atoms in total. The number of nitrogens with one attached hydrogen (secondary N) is 2. The molecule has 0 atom stereocenters. The Hall–Kier alpha value is -4.32. The number of hydrogen-bond donors (Lipinski definition) is 3. The van der Waals surface area contributed by atoms with E-state index >= 15 is 0 Å². The molecule has 0 bridgehead atoms. The van der Waals surface area contributed by atoms with Crippen molar-refractivity contribution in [2.45, 2.75) is 38.8 Å². The minimum Gasteiger partial charge on any atom is -0.493 e. The number of amides is 1. The summed E-state index contributed by atoms with van der Waals surface area (Å²) < 4.78 is 16.5. The van der Waals surface area contributed by atoms with E-state index in [2.05, 4.69) is 33.8 Å². The van der Waals surface area contributed by atoms with Crippen molar-refractivity contribution in [3.05, 3.63) is 68.7 Å². The van der Waals surface area contributed by atoms with Crippen molar-refractivity contribution in [1.82, 2.24) is 34.4 Å². The van der Waals surface area contributed by atoms with Crippen molar-refractivity contribution in [1.29, 1.82) is 0 Å². The summed E-state index contributed by atoms with van der Waals surface area (Å²) in [6.07, 6.45) is 5.09. The summed E-state index contributed by atoms with van der Waals surface area (Å²) in [5.41, 5.74) is 1.74. The van der Waals surface area contributed by atoms with Gasteiger partial charge in [-0.25, -0.2) is 14.2 Å². The second-order valence-electron chi connectivity index (χ2n) is 10.3. The van der Waals surface area contributed by atoms with Gasteiger partial charge in [-0.1, -0.05) is 0 Å². The number of aromatic hydroxyl groups is 1. The molecule has 202 valence electrons. The Morgan fingerprint density at radius 1 is 1.18 bits per heavy atom. The predicted octanol–water partition coefficient (Wildman–Crippen LogP) is 1.03. The van der Waals surface area contributed by atoms with Gasteiger partial charge in [0.1, 0.15) is 11.5 Å². The molecule has 12 heteroatoms. The highest BCUT2D eigenvalue weighted by molar-refractivity contribution is 5.95. The molecular weight excluding hydrogens is 503 g/mol. The van der Waals surface area contributed by atoms with Crippen LogP contribution in [0.5, 0.6) is 5.88 Å². The Bertz CT molecular complexity index is 1740. The first-order valence-electron chi connectivity index (χ1n) is 13.1. The first kappa shape index (κ1) is 25.0. The fourth-order valence-corrected chi connectivity index (χ4v) is 4.80. The third-order valence-electron chi connectivity index (χ3n) is 7.20. The number of imidazole rings is 1. The Labute approximate surface area is 222 Å². The lowest BCUT2D eigenvalue weighted by molar-refractivity contribution is 0.0591. The lowest BCUT2D eigenvalue weighted by atomic mass is 10.1. The highest BCUT2D eigenvalue weighted by Gasteiger charge is 2.26. The van der Waals surface area contributed by atoms with Crippen molar-refractivity contribution in [2.75, 3.05) is 26.2 Å². The van der Waals surface area contributed by atoms with Crippen LogP contribution in [0.15, 0.2) is 40.2 Å². The maximum atomic E-state index is 14.9. The number of fused-ring (bicyclic) bond motifs is 1. The minimum atomic E-state index is -0.579. The molecule has 1 aliphatic carbocycles. The van der Waals surface area contributed by atoms with Gasteiger partial charge in [-0.05, 0) is 51.0 Å². The van der Waals surface area contributed by atoms with Crippen molar-refractivity contribution in [3.8, 4) is 17.1 Å². The number of rotatable bonds is 5. The van der Waals surface area contributed by atoms with Gasteiger partial charge in [0.15, 0.2) is 11.1 Å². The van der Waals surface area contributed by atoms with Crippen molar-refractivity contribution < 1.29 is 14.3 Å². The molecule has 2 fully saturated rings. The Balaban J connectivity index is 1.42. The monoisotopic (exact) mass is 532 g/mol. The van der Waals surface area contributed by atoms with Crippen molar-refractivity contribution >= 4 is 17.6 Å². The first-order chi connectivity index (χ1) is 18.8. The molecule has 1 saturated heterocycles. The molecule has 0 unspecified atom stereocenters. The maximum Gasteiger partial charge on any atom is 0.326 e. The molecule has 39 heavy (non-hydrogen) atoms. The minimum absolute atomic E-state index is 0.00275. The fourth-order valence-electron chi connectivity index (χ4n) is 4.80. The van der Waals surface area contributed by atoms with Crippen LogP contribution in [-0.2, 0) is 0 Å². The van der Waals surface area contributed by atoms with Crippen LogP contribution in [0, 0.1) is 5.82 Å². The van der Waals surface area contributed by atoms with Gasteiger partial charge < -0.3 is 15.0 Å². The lowest BCUT2D eigenvalue weighted by Gasteiger charge is -2.37. The number of carbonyl (C=O) groups excluding carboxylic acids is 1. The zero-order chi connectivity index (χ0) is 27.3. The lowest BCUT2D eigenvalue weighted by Crippen LogP contribution is -2.50. The molecule has 4 aromatic rings. The normalized spacial score (nSPS) is 17.6. The summed E-state index contributed by atoms with van der Waals surface area (Å²) in [7, 11) is 0. The molecule has 0 radical (unpaired) electrons. The zero-order valence-electron chi connectivity index (χ0n) is 21.7. The van der Waals surface area contributed by atoms with Crippen LogP contribution >= 0.6 is 0 Å². The third kappa shape index (κ3) is 4.94. The Morgan fingerprint density at radius 3 is 2.62 bits per heavy atom. The molecule has 6 rings (SSSR count). The Morgan fingerprint density at radius 2 is 1.95 bits per heavy atom. The van der Waals surface area contributed by atoms with Crippen LogP contribution in [0.1, 0.15) is 42.7 Å². The van der Waals surface area contributed by atoms with E-state index in [0.717, 1.165) is 25.9 Å². The van der Waals surface area contributed by atoms with Crippen LogP contribution in [0.25, 0.3) is 23.0 Å². The number of hydrogen-bond acceptors (Lipinski definition) is 7. The molecule has 1 aromatic carbocycles. The quantitative estimate of drug-likeness (QED) is 0.352. The Kier molecular flexibility index (Phi) is 6.26. The van der Waals surface area contributed by atoms with Crippen LogP contribution in [0.2, 0.25) is 0 Å². The standard InChI is InChI=1S/C27H29FN8O3/c1-15(2)34-7-9-35(10-8-34)26(38)19-11-16(3-6-20(19)28)21-13-23(30-18-4-5-18)36-24(31-21)17(14-29-36)12-22-25(37)33-27(39)32-22/h3,6,11-15,18,37H,4-5,7-10H2,1-2H3,(H2,32,33,39)/b17-12+,30-23?. The van der Waals surface area contributed by atoms with E-state index in [4.69, 9.17) is 9.98 Å². The third-order valence-corrected chi connectivity index (χ3v) is 7.20. The van der Waals surface area contributed by atoms with E-state index in [1.807, 2.05) is 0 Å². The van der Waals surface area contributed by atoms with Crippen LogP contribution in [-0.4, -0.2) is 83.6 Å². The summed E-state index contributed by atoms with van der Waals surface area (Å²) in [5.74, 6) is -1.22. The van der Waals surface area contributed by atoms with E-state index in [0.29, 0.717) is 46.7 Å². The number of benzene rings is 1. The summed E-state index contributed by atoms with van der Waals surface area (Å²) >= 11 is 0. The van der Waals surface area contributed by atoms with Gasteiger partial charge in [-0.2, -0.15) is 9.61 Å². The molecular formula is C27H29FN8O3. The van der Waals surface area contributed by atoms with Gasteiger partial charge in [-0.3, -0.25) is 19.7 Å².